The van der Waals surface area contributed by atoms with Gasteiger partial charge in [-0.1, -0.05) is 24.3 Å². The molecule has 0 aliphatic heterocycles. The van der Waals surface area contributed by atoms with Crippen molar-refractivity contribution >= 4 is 11.8 Å². The highest BCUT2D eigenvalue weighted by Gasteiger charge is 2.20. The highest BCUT2D eigenvalue weighted by Crippen LogP contribution is 2.19. The van der Waals surface area contributed by atoms with Gasteiger partial charge in [0.15, 0.2) is 0 Å². The fourth-order valence-electron chi connectivity index (χ4n) is 2.69. The highest BCUT2D eigenvalue weighted by atomic mass is 16.2. The molecule has 0 radical (unpaired) electrons. The van der Waals surface area contributed by atoms with Crippen molar-refractivity contribution in [3.05, 3.63) is 60.4 Å². The lowest BCUT2D eigenvalue weighted by molar-refractivity contribution is -0.128. The highest BCUT2D eigenvalue weighted by molar-refractivity contribution is 5.87. The Labute approximate surface area is 150 Å². The summed E-state index contributed by atoms with van der Waals surface area (Å²) in [6.07, 6.45) is 6.95. The van der Waals surface area contributed by atoms with Crippen LogP contribution in [-0.4, -0.2) is 37.8 Å². The number of H-pyrrole nitrogens is 2. The molecule has 26 heavy (non-hydrogen) atoms. The Balaban J connectivity index is 1.69. The zero-order chi connectivity index (χ0) is 18.4. The molecule has 4 N–H and O–H groups in total. The molecule has 3 aromatic rings. The van der Waals surface area contributed by atoms with Gasteiger partial charge in [0, 0.05) is 49.7 Å². The quantitative estimate of drug-likeness (QED) is 0.511. The topological polar surface area (TPSA) is 116 Å². The molecule has 0 saturated heterocycles. The van der Waals surface area contributed by atoms with Crippen molar-refractivity contribution in [3.8, 4) is 11.4 Å². The number of carbonyl (C=O) groups is 2. The third-order valence-electron chi connectivity index (χ3n) is 3.90. The van der Waals surface area contributed by atoms with Crippen LogP contribution in [0.25, 0.3) is 11.4 Å². The van der Waals surface area contributed by atoms with E-state index in [1.54, 1.807) is 18.6 Å². The fraction of sp³-hybridized carbons (Fsp3) is 0.222. The summed E-state index contributed by atoms with van der Waals surface area (Å²) < 4.78 is 0. The van der Waals surface area contributed by atoms with Gasteiger partial charge in [0.25, 0.3) is 0 Å². The molecule has 8 nitrogen and oxygen atoms in total. The lowest BCUT2D eigenvalue weighted by Gasteiger charge is -2.17. The maximum Gasteiger partial charge on any atom is 0.243 e. The van der Waals surface area contributed by atoms with Crippen LogP contribution in [-0.2, 0) is 22.6 Å². The predicted octanol–water partition coefficient (Wildman–Crippen LogP) is 1.16. The van der Waals surface area contributed by atoms with Gasteiger partial charge < -0.3 is 20.6 Å². The Morgan fingerprint density at radius 2 is 2.08 bits per heavy atom. The number of hydrogen-bond donors (Lipinski definition) is 4. The van der Waals surface area contributed by atoms with Crippen LogP contribution in [0.2, 0.25) is 0 Å². The third-order valence-corrected chi connectivity index (χ3v) is 3.90. The summed E-state index contributed by atoms with van der Waals surface area (Å²) in [6.45, 7) is 1.72. The molecule has 0 unspecified atom stereocenters. The average Bonchev–Trinajstić information content (AvgIpc) is 3.33. The monoisotopic (exact) mass is 352 g/mol. The van der Waals surface area contributed by atoms with Gasteiger partial charge >= 0.3 is 0 Å². The second kappa shape index (κ2) is 8.11. The van der Waals surface area contributed by atoms with E-state index in [4.69, 9.17) is 0 Å². The molecule has 0 fully saturated rings. The predicted molar refractivity (Wildman–Crippen MR) is 95.8 cm³/mol. The van der Waals surface area contributed by atoms with Crippen LogP contribution in [0.5, 0.6) is 0 Å². The van der Waals surface area contributed by atoms with Crippen molar-refractivity contribution in [1.82, 2.24) is 30.6 Å². The molecular formula is C18H20N6O2. The van der Waals surface area contributed by atoms with Gasteiger partial charge in [0.05, 0.1) is 6.33 Å². The van der Waals surface area contributed by atoms with Crippen molar-refractivity contribution in [2.75, 3.05) is 0 Å². The van der Waals surface area contributed by atoms with E-state index in [2.05, 4.69) is 30.6 Å². The number of nitrogens with one attached hydrogen (secondary N) is 4. The maximum atomic E-state index is 12.6. The SMILES string of the molecule is CC(=O)N[C@@H](Cc1cnc[nH]1)C(=O)NCc1ccccc1-c1ncc[nH]1. The molecule has 2 amide bonds. The van der Waals surface area contributed by atoms with E-state index in [9.17, 15) is 9.59 Å². The van der Waals surface area contributed by atoms with Gasteiger partial charge in [-0.25, -0.2) is 9.97 Å². The summed E-state index contributed by atoms with van der Waals surface area (Å²) in [5, 5.41) is 5.57. The molecule has 0 aliphatic carbocycles. The van der Waals surface area contributed by atoms with Crippen molar-refractivity contribution in [2.45, 2.75) is 25.9 Å². The summed E-state index contributed by atoms with van der Waals surface area (Å²) >= 11 is 0. The molecule has 0 bridgehead atoms. The molecule has 1 aromatic carbocycles. The molecular weight excluding hydrogens is 332 g/mol. The first-order valence-corrected chi connectivity index (χ1v) is 8.23. The average molecular weight is 352 g/mol. The number of carbonyl (C=O) groups excluding carboxylic acids is 2. The molecule has 1 atom stereocenters. The lowest BCUT2D eigenvalue weighted by Crippen LogP contribution is -2.47. The first-order valence-electron chi connectivity index (χ1n) is 8.23. The van der Waals surface area contributed by atoms with E-state index in [1.807, 2.05) is 24.3 Å². The zero-order valence-electron chi connectivity index (χ0n) is 14.3. The van der Waals surface area contributed by atoms with E-state index >= 15 is 0 Å². The van der Waals surface area contributed by atoms with E-state index in [-0.39, 0.29) is 11.8 Å². The largest absolute Gasteiger partial charge is 0.350 e. The Morgan fingerprint density at radius 3 is 2.77 bits per heavy atom. The molecule has 8 heteroatoms. The molecule has 0 aliphatic rings. The summed E-state index contributed by atoms with van der Waals surface area (Å²) in [4.78, 5) is 38.2. The van der Waals surface area contributed by atoms with Crippen LogP contribution < -0.4 is 10.6 Å². The second-order valence-electron chi connectivity index (χ2n) is 5.85. The van der Waals surface area contributed by atoms with Crippen LogP contribution in [0.3, 0.4) is 0 Å². The van der Waals surface area contributed by atoms with Crippen LogP contribution in [0, 0.1) is 0 Å². The Morgan fingerprint density at radius 1 is 1.23 bits per heavy atom. The molecule has 2 aromatic heterocycles. The van der Waals surface area contributed by atoms with E-state index in [1.165, 1.54) is 13.3 Å². The number of aromatic nitrogens is 4. The Hall–Kier alpha value is -3.42. The lowest BCUT2D eigenvalue weighted by atomic mass is 10.1. The number of hydrogen-bond acceptors (Lipinski definition) is 4. The van der Waals surface area contributed by atoms with Gasteiger partial charge in [-0.2, -0.15) is 0 Å². The number of amides is 2. The normalized spacial score (nSPS) is 11.7. The maximum absolute atomic E-state index is 12.6. The minimum atomic E-state index is -0.677. The van der Waals surface area contributed by atoms with Crippen molar-refractivity contribution in [2.24, 2.45) is 0 Å². The fourth-order valence-corrected chi connectivity index (χ4v) is 2.69. The van der Waals surface area contributed by atoms with Crippen molar-refractivity contribution in [3.63, 3.8) is 0 Å². The molecule has 0 saturated carbocycles. The number of nitrogens with zero attached hydrogens (tertiary/aromatic N) is 2. The van der Waals surface area contributed by atoms with Gasteiger partial charge in [0.2, 0.25) is 11.8 Å². The molecule has 134 valence electrons. The van der Waals surface area contributed by atoms with E-state index < -0.39 is 6.04 Å². The number of benzene rings is 1. The molecule has 2 heterocycles. The third kappa shape index (κ3) is 4.35. The first-order chi connectivity index (χ1) is 12.6. The van der Waals surface area contributed by atoms with Crippen LogP contribution >= 0.6 is 0 Å². The van der Waals surface area contributed by atoms with Gasteiger partial charge in [-0.05, 0) is 5.56 Å². The second-order valence-corrected chi connectivity index (χ2v) is 5.85. The zero-order valence-corrected chi connectivity index (χ0v) is 14.3. The van der Waals surface area contributed by atoms with Gasteiger partial charge in [-0.3, -0.25) is 9.59 Å². The van der Waals surface area contributed by atoms with Crippen molar-refractivity contribution in [1.29, 1.82) is 0 Å². The minimum absolute atomic E-state index is 0.260. The standard InChI is InChI=1S/C18H20N6O2/c1-12(25)24-16(8-14-10-19-11-23-14)18(26)22-9-13-4-2-3-5-15(13)17-20-6-7-21-17/h2-7,10-11,16H,8-9H2,1H3,(H,19,23)(H,20,21)(H,22,26)(H,24,25)/t16-/m0/s1. The van der Waals surface area contributed by atoms with Crippen LogP contribution in [0.15, 0.2) is 49.2 Å². The Bertz CT molecular complexity index is 858. The van der Waals surface area contributed by atoms with Crippen LogP contribution in [0.4, 0.5) is 0 Å². The van der Waals surface area contributed by atoms with Crippen LogP contribution in [0.1, 0.15) is 18.2 Å². The number of imidazole rings is 2. The minimum Gasteiger partial charge on any atom is -0.350 e. The summed E-state index contributed by atoms with van der Waals surface area (Å²) in [7, 11) is 0. The van der Waals surface area contributed by atoms with Gasteiger partial charge in [-0.15, -0.1) is 0 Å². The summed E-state index contributed by atoms with van der Waals surface area (Å²) in [5.74, 6) is 0.218. The molecule has 3 rings (SSSR count). The summed E-state index contributed by atoms with van der Waals surface area (Å²) in [5.41, 5.74) is 2.62. The number of rotatable bonds is 7. The number of aromatic amines is 2. The van der Waals surface area contributed by atoms with Gasteiger partial charge in [0.1, 0.15) is 11.9 Å². The van der Waals surface area contributed by atoms with E-state index in [0.29, 0.717) is 13.0 Å². The van der Waals surface area contributed by atoms with E-state index in [0.717, 1.165) is 22.6 Å². The first kappa shape index (κ1) is 17.4. The Kier molecular flexibility index (Phi) is 5.43. The molecule has 0 spiro atoms. The van der Waals surface area contributed by atoms with Crippen molar-refractivity contribution < 1.29 is 9.59 Å². The smallest absolute Gasteiger partial charge is 0.243 e. The summed E-state index contributed by atoms with van der Waals surface area (Å²) in [6, 6.07) is 7.02.